The summed E-state index contributed by atoms with van der Waals surface area (Å²) >= 11 is 9.49. The number of fused-ring (bicyclic) bond motifs is 1. The number of urea groups is 1. The van der Waals surface area contributed by atoms with E-state index in [1.165, 1.54) is 24.3 Å². The molecule has 2 aliphatic heterocycles. The van der Waals surface area contributed by atoms with Gasteiger partial charge in [0.2, 0.25) is 0 Å². The van der Waals surface area contributed by atoms with Crippen molar-refractivity contribution in [3.8, 4) is 0 Å². The zero-order valence-electron chi connectivity index (χ0n) is 15.7. The van der Waals surface area contributed by atoms with E-state index >= 15 is 0 Å². The Labute approximate surface area is 187 Å². The van der Waals surface area contributed by atoms with Gasteiger partial charge in [0, 0.05) is 45.0 Å². The molecule has 0 bridgehead atoms. The van der Waals surface area contributed by atoms with Crippen molar-refractivity contribution in [2.24, 2.45) is 5.92 Å². The summed E-state index contributed by atoms with van der Waals surface area (Å²) in [6.07, 6.45) is -4.54. The summed E-state index contributed by atoms with van der Waals surface area (Å²) in [6.45, 7) is -0.482. The first-order valence-electron chi connectivity index (χ1n) is 9.26. The number of nitrogens with zero attached hydrogens (tertiary/aromatic N) is 1. The molecule has 3 amide bonds. The predicted octanol–water partition coefficient (Wildman–Crippen LogP) is 5.49. The number of hydrogen-bond donors (Lipinski definition) is 2. The molecule has 0 aromatic heterocycles. The van der Waals surface area contributed by atoms with Crippen LogP contribution in [0.25, 0.3) is 0 Å². The highest BCUT2D eigenvalue weighted by Gasteiger charge is 2.45. The van der Waals surface area contributed by atoms with Gasteiger partial charge in [0.05, 0.1) is 12.0 Å². The Kier molecular flexibility index (Phi) is 5.63. The van der Waals surface area contributed by atoms with Gasteiger partial charge in [-0.25, -0.2) is 9.18 Å². The summed E-state index contributed by atoms with van der Waals surface area (Å²) in [4.78, 5) is 26.3. The van der Waals surface area contributed by atoms with Crippen molar-refractivity contribution in [1.29, 1.82) is 0 Å². The maximum absolute atomic E-state index is 13.8. The fourth-order valence-electron chi connectivity index (χ4n) is 3.88. The number of anilines is 1. The van der Waals surface area contributed by atoms with Gasteiger partial charge in [0.15, 0.2) is 0 Å². The van der Waals surface area contributed by atoms with Gasteiger partial charge in [-0.2, -0.15) is 13.2 Å². The Balaban J connectivity index is 1.67. The number of benzene rings is 2. The number of carbonyl (C=O) groups excluding carboxylic acids is 2. The molecule has 2 aliphatic rings. The first kappa shape index (κ1) is 21.9. The minimum atomic E-state index is -4.37. The maximum atomic E-state index is 13.8. The molecule has 31 heavy (non-hydrogen) atoms. The first-order valence-corrected chi connectivity index (χ1v) is 10.4. The van der Waals surface area contributed by atoms with Crippen LogP contribution in [-0.2, 0) is 0 Å². The molecule has 0 aliphatic carbocycles. The molecule has 0 radical (unpaired) electrons. The van der Waals surface area contributed by atoms with E-state index in [0.29, 0.717) is 15.6 Å². The van der Waals surface area contributed by atoms with E-state index in [9.17, 15) is 27.2 Å². The van der Waals surface area contributed by atoms with Crippen molar-refractivity contribution in [3.63, 3.8) is 0 Å². The van der Waals surface area contributed by atoms with E-state index < -0.39 is 42.4 Å². The minimum Gasteiger partial charge on any atom is -0.341 e. The number of nitrogens with one attached hydrogen (secondary N) is 2. The van der Waals surface area contributed by atoms with Crippen LogP contribution in [0.2, 0.25) is 5.02 Å². The average Bonchev–Trinajstić information content (AvgIpc) is 3.29. The monoisotopic (exact) mass is 519 g/mol. The Morgan fingerprint density at radius 2 is 2.00 bits per heavy atom. The van der Waals surface area contributed by atoms with E-state index in [2.05, 4.69) is 26.6 Å². The number of amides is 3. The molecule has 2 heterocycles. The van der Waals surface area contributed by atoms with E-state index in [0.717, 1.165) is 4.90 Å². The highest BCUT2D eigenvalue weighted by molar-refractivity contribution is 9.10. The topological polar surface area (TPSA) is 61.4 Å². The standard InChI is InChI=1S/C20H15BrClF4N3O2/c21-10-5-13-16(17(28-18(13)30)12-7-11(23)1-2-14(12)22)15(6-10)27-19(31)29-4-3-9(8-29)20(24,25)26/h1-2,5-7,9,17H,3-4,8H2,(H,27,31)(H,28,30). The second-order valence-electron chi connectivity index (χ2n) is 7.39. The Morgan fingerprint density at radius 1 is 1.26 bits per heavy atom. The summed E-state index contributed by atoms with van der Waals surface area (Å²) < 4.78 is 53.2. The largest absolute Gasteiger partial charge is 0.393 e. The van der Waals surface area contributed by atoms with Gasteiger partial charge < -0.3 is 15.5 Å². The number of alkyl halides is 3. The van der Waals surface area contributed by atoms with Gasteiger partial charge in [-0.1, -0.05) is 27.5 Å². The van der Waals surface area contributed by atoms with Crippen molar-refractivity contribution >= 4 is 45.2 Å². The van der Waals surface area contributed by atoms with Crippen LogP contribution < -0.4 is 10.6 Å². The average molecular weight is 521 g/mol. The van der Waals surface area contributed by atoms with Gasteiger partial charge in [-0.05, 0) is 36.8 Å². The Hall–Kier alpha value is -2.33. The fraction of sp³-hybridized carbons (Fsp3) is 0.300. The molecule has 5 nitrogen and oxygen atoms in total. The normalized spacial score (nSPS) is 20.6. The molecule has 4 rings (SSSR count). The molecular formula is C20H15BrClF4N3O2. The number of hydrogen-bond acceptors (Lipinski definition) is 2. The smallest absolute Gasteiger partial charge is 0.341 e. The van der Waals surface area contributed by atoms with Crippen molar-refractivity contribution in [1.82, 2.24) is 10.2 Å². The molecule has 11 heteroatoms. The SMILES string of the molecule is O=C1NC(c2cc(F)ccc2Cl)c2c(NC(=O)N3CCC(C(F)(F)F)C3)cc(Br)cc21. The zero-order chi connectivity index (χ0) is 22.5. The van der Waals surface area contributed by atoms with Crippen molar-refractivity contribution < 1.29 is 27.2 Å². The van der Waals surface area contributed by atoms with E-state index in [4.69, 9.17) is 11.6 Å². The summed E-state index contributed by atoms with van der Waals surface area (Å²) in [5.41, 5.74) is 1.11. The lowest BCUT2D eigenvalue weighted by Gasteiger charge is -2.22. The molecule has 1 saturated heterocycles. The van der Waals surface area contributed by atoms with Crippen LogP contribution >= 0.6 is 27.5 Å². The summed E-state index contributed by atoms with van der Waals surface area (Å²) in [5.74, 6) is -2.58. The number of rotatable bonds is 2. The summed E-state index contributed by atoms with van der Waals surface area (Å²) in [6, 6.07) is 5.25. The number of likely N-dealkylation sites (tertiary alicyclic amines) is 1. The summed E-state index contributed by atoms with van der Waals surface area (Å²) in [7, 11) is 0. The lowest BCUT2D eigenvalue weighted by atomic mass is 9.96. The lowest BCUT2D eigenvalue weighted by Crippen LogP contribution is -2.35. The van der Waals surface area contributed by atoms with Crippen LogP contribution in [0.5, 0.6) is 0 Å². The van der Waals surface area contributed by atoms with Crippen LogP contribution in [0.1, 0.15) is 33.9 Å². The van der Waals surface area contributed by atoms with Crippen LogP contribution in [-0.4, -0.2) is 36.1 Å². The van der Waals surface area contributed by atoms with Crippen LogP contribution in [0, 0.1) is 11.7 Å². The molecule has 2 aromatic carbocycles. The second-order valence-corrected chi connectivity index (χ2v) is 8.71. The van der Waals surface area contributed by atoms with Crippen molar-refractivity contribution in [2.75, 3.05) is 18.4 Å². The molecule has 2 atom stereocenters. The maximum Gasteiger partial charge on any atom is 0.393 e. The van der Waals surface area contributed by atoms with Gasteiger partial charge >= 0.3 is 12.2 Å². The third-order valence-electron chi connectivity index (χ3n) is 5.40. The summed E-state index contributed by atoms with van der Waals surface area (Å²) in [5, 5.41) is 5.54. The van der Waals surface area contributed by atoms with Crippen molar-refractivity contribution in [2.45, 2.75) is 18.6 Å². The molecule has 164 valence electrons. The van der Waals surface area contributed by atoms with E-state index in [1.807, 2.05) is 0 Å². The first-order chi connectivity index (χ1) is 14.5. The number of carbonyl (C=O) groups is 2. The highest BCUT2D eigenvalue weighted by atomic mass is 79.9. The number of halogens is 6. The van der Waals surface area contributed by atoms with Crippen LogP contribution in [0.15, 0.2) is 34.8 Å². The van der Waals surface area contributed by atoms with Gasteiger partial charge in [-0.15, -0.1) is 0 Å². The fourth-order valence-corrected chi connectivity index (χ4v) is 4.56. The predicted molar refractivity (Wildman–Crippen MR) is 110 cm³/mol. The van der Waals surface area contributed by atoms with E-state index in [1.54, 1.807) is 6.07 Å². The van der Waals surface area contributed by atoms with Gasteiger partial charge in [0.25, 0.3) is 5.91 Å². The molecule has 2 unspecified atom stereocenters. The van der Waals surface area contributed by atoms with Crippen LogP contribution in [0.4, 0.5) is 28.0 Å². The van der Waals surface area contributed by atoms with Gasteiger partial charge in [0.1, 0.15) is 5.82 Å². The molecular weight excluding hydrogens is 506 g/mol. The van der Waals surface area contributed by atoms with Gasteiger partial charge in [-0.3, -0.25) is 4.79 Å². The molecule has 2 N–H and O–H groups in total. The Morgan fingerprint density at radius 3 is 2.68 bits per heavy atom. The third-order valence-corrected chi connectivity index (χ3v) is 6.20. The highest BCUT2D eigenvalue weighted by Crippen LogP contribution is 2.41. The van der Waals surface area contributed by atoms with Crippen molar-refractivity contribution in [3.05, 3.63) is 62.3 Å². The zero-order valence-corrected chi connectivity index (χ0v) is 18.0. The molecule has 0 saturated carbocycles. The third kappa shape index (κ3) is 4.23. The molecule has 2 aromatic rings. The minimum absolute atomic E-state index is 0.0391. The van der Waals surface area contributed by atoms with Crippen LogP contribution in [0.3, 0.4) is 0 Å². The lowest BCUT2D eigenvalue weighted by molar-refractivity contribution is -0.169. The molecule has 1 fully saturated rings. The quantitative estimate of drug-likeness (QED) is 0.515. The Bertz CT molecular complexity index is 1080. The van der Waals surface area contributed by atoms with E-state index in [-0.39, 0.29) is 29.2 Å². The second kappa shape index (κ2) is 7.98. The molecule has 0 spiro atoms.